The number of rotatable bonds is 2. The van der Waals surface area contributed by atoms with Crippen LogP contribution in [0.2, 0.25) is 0 Å². The molecule has 0 radical (unpaired) electrons. The molecule has 0 amide bonds. The van der Waals surface area contributed by atoms with Gasteiger partial charge in [-0.2, -0.15) is 0 Å². The zero-order chi connectivity index (χ0) is 14.1. The lowest BCUT2D eigenvalue weighted by atomic mass is 10.0. The van der Waals surface area contributed by atoms with E-state index in [0.717, 1.165) is 26.7 Å². The molecule has 98 valence electrons. The summed E-state index contributed by atoms with van der Waals surface area (Å²) >= 11 is 3.48. The first kappa shape index (κ1) is 12.9. The summed E-state index contributed by atoms with van der Waals surface area (Å²) < 4.78 is 6.19. The molecule has 20 heavy (non-hydrogen) atoms. The Morgan fingerprint density at radius 3 is 2.30 bits per heavy atom. The summed E-state index contributed by atoms with van der Waals surface area (Å²) in [4.78, 5) is 11.2. The molecule has 0 bridgehead atoms. The molecule has 0 saturated carbocycles. The van der Waals surface area contributed by atoms with Crippen LogP contribution in [0.4, 0.5) is 0 Å². The van der Waals surface area contributed by atoms with Crippen molar-refractivity contribution in [3.63, 3.8) is 0 Å². The molecule has 0 aliphatic heterocycles. The highest BCUT2D eigenvalue weighted by Crippen LogP contribution is 2.28. The number of carbonyl (C=O) groups is 1. The van der Waals surface area contributed by atoms with E-state index in [9.17, 15) is 4.79 Å². The average molecular weight is 327 g/mol. The van der Waals surface area contributed by atoms with Gasteiger partial charge in [-0.1, -0.05) is 34.6 Å². The predicted octanol–water partition coefficient (Wildman–Crippen LogP) is 4.85. The molecule has 3 heteroatoms. The van der Waals surface area contributed by atoms with Gasteiger partial charge < -0.3 is 4.74 Å². The summed E-state index contributed by atoms with van der Waals surface area (Å²) in [5.74, 6) is 0.0768. The number of esters is 1. The number of ether oxygens (including phenoxy) is 1. The second-order valence-corrected chi connectivity index (χ2v) is 5.39. The van der Waals surface area contributed by atoms with Crippen LogP contribution in [-0.4, -0.2) is 5.97 Å². The summed E-state index contributed by atoms with van der Waals surface area (Å²) in [6.45, 7) is 3.39. The zero-order valence-corrected chi connectivity index (χ0v) is 12.2. The zero-order valence-electron chi connectivity index (χ0n) is 10.6. The topological polar surface area (TPSA) is 26.3 Å². The number of halogens is 1. The van der Waals surface area contributed by atoms with Crippen LogP contribution in [0.25, 0.3) is 21.5 Å². The van der Waals surface area contributed by atoms with Gasteiger partial charge in [0.25, 0.3) is 0 Å². The second kappa shape index (κ2) is 5.10. The van der Waals surface area contributed by atoms with Gasteiger partial charge in [0, 0.05) is 10.5 Å². The molecule has 0 heterocycles. The normalized spacial score (nSPS) is 10.7. The van der Waals surface area contributed by atoms with Crippen LogP contribution < -0.4 is 4.74 Å². The van der Waals surface area contributed by atoms with Gasteiger partial charge in [-0.05, 0) is 57.9 Å². The van der Waals surface area contributed by atoms with Crippen LogP contribution in [0.5, 0.6) is 5.75 Å². The minimum atomic E-state index is -0.450. The highest BCUT2D eigenvalue weighted by atomic mass is 79.9. The lowest BCUT2D eigenvalue weighted by molar-refractivity contribution is -0.128. The van der Waals surface area contributed by atoms with Crippen molar-refractivity contribution < 1.29 is 9.53 Å². The van der Waals surface area contributed by atoms with Crippen molar-refractivity contribution >= 4 is 43.4 Å². The van der Waals surface area contributed by atoms with Gasteiger partial charge in [0.05, 0.1) is 0 Å². The Bertz CT molecular complexity index is 837. The SMILES string of the molecule is C=CC(=O)Oc1ccc2cc3cc(Br)ccc3cc2c1. The Morgan fingerprint density at radius 2 is 1.60 bits per heavy atom. The molecule has 0 unspecified atom stereocenters. The molecule has 2 nitrogen and oxygen atoms in total. The van der Waals surface area contributed by atoms with Crippen molar-refractivity contribution in [3.05, 3.63) is 65.7 Å². The largest absolute Gasteiger partial charge is 0.423 e. The average Bonchev–Trinajstić information content (AvgIpc) is 2.45. The standard InChI is InChI=1S/C17H11BrO2/c1-2-17(19)20-16-6-4-12-7-13-9-15(18)5-3-11(13)8-14(12)10-16/h2-10H,1H2. The maximum Gasteiger partial charge on any atom is 0.335 e. The molecule has 3 aromatic rings. The summed E-state index contributed by atoms with van der Waals surface area (Å²) in [5.41, 5.74) is 0. The summed E-state index contributed by atoms with van der Waals surface area (Å²) in [6, 6.07) is 15.9. The molecule has 0 N–H and O–H groups in total. The van der Waals surface area contributed by atoms with Crippen molar-refractivity contribution in [2.75, 3.05) is 0 Å². The summed E-state index contributed by atoms with van der Waals surface area (Å²) in [7, 11) is 0. The first-order valence-electron chi connectivity index (χ1n) is 6.13. The monoisotopic (exact) mass is 326 g/mol. The minimum absolute atomic E-state index is 0.450. The lowest BCUT2D eigenvalue weighted by Crippen LogP contribution is -2.02. The van der Waals surface area contributed by atoms with E-state index >= 15 is 0 Å². The fourth-order valence-electron chi connectivity index (χ4n) is 2.17. The van der Waals surface area contributed by atoms with Crippen molar-refractivity contribution in [3.8, 4) is 5.75 Å². The van der Waals surface area contributed by atoms with E-state index in [1.807, 2.05) is 18.2 Å². The minimum Gasteiger partial charge on any atom is -0.423 e. The summed E-state index contributed by atoms with van der Waals surface area (Å²) in [5, 5.41) is 4.46. The number of hydrogen-bond acceptors (Lipinski definition) is 2. The van der Waals surface area contributed by atoms with Crippen molar-refractivity contribution in [2.45, 2.75) is 0 Å². The van der Waals surface area contributed by atoms with E-state index < -0.39 is 5.97 Å². The molecule has 0 spiro atoms. The molecule has 0 aliphatic carbocycles. The van der Waals surface area contributed by atoms with E-state index in [1.165, 1.54) is 5.39 Å². The van der Waals surface area contributed by atoms with Gasteiger partial charge >= 0.3 is 5.97 Å². The Hall–Kier alpha value is -2.13. The Morgan fingerprint density at radius 1 is 0.950 bits per heavy atom. The number of fused-ring (bicyclic) bond motifs is 2. The van der Waals surface area contributed by atoms with E-state index in [-0.39, 0.29) is 0 Å². The van der Waals surface area contributed by atoms with Gasteiger partial charge in [0.15, 0.2) is 0 Å². The fraction of sp³-hybridized carbons (Fsp3) is 0. The molecule has 3 aromatic carbocycles. The van der Waals surface area contributed by atoms with Crippen LogP contribution in [-0.2, 0) is 4.79 Å². The Kier molecular flexibility index (Phi) is 3.28. The molecule has 0 atom stereocenters. The van der Waals surface area contributed by atoms with Crippen molar-refractivity contribution in [1.29, 1.82) is 0 Å². The second-order valence-electron chi connectivity index (χ2n) is 4.48. The van der Waals surface area contributed by atoms with E-state index in [0.29, 0.717) is 5.75 Å². The van der Waals surface area contributed by atoms with Crippen molar-refractivity contribution in [1.82, 2.24) is 0 Å². The fourth-order valence-corrected chi connectivity index (χ4v) is 2.55. The highest BCUT2D eigenvalue weighted by Gasteiger charge is 2.03. The highest BCUT2D eigenvalue weighted by molar-refractivity contribution is 9.10. The Balaban J connectivity index is 2.14. The van der Waals surface area contributed by atoms with Crippen LogP contribution in [0.15, 0.2) is 65.7 Å². The lowest BCUT2D eigenvalue weighted by Gasteiger charge is -2.06. The number of hydrogen-bond donors (Lipinski definition) is 0. The smallest absolute Gasteiger partial charge is 0.335 e. The van der Waals surface area contributed by atoms with Crippen LogP contribution in [0.3, 0.4) is 0 Å². The van der Waals surface area contributed by atoms with E-state index in [2.05, 4.69) is 46.8 Å². The summed E-state index contributed by atoms with van der Waals surface area (Å²) in [6.07, 6.45) is 1.15. The quantitative estimate of drug-likeness (QED) is 0.291. The van der Waals surface area contributed by atoms with Gasteiger partial charge in [-0.25, -0.2) is 4.79 Å². The van der Waals surface area contributed by atoms with Gasteiger partial charge in [0.2, 0.25) is 0 Å². The molecular formula is C17H11BrO2. The molecule has 0 aromatic heterocycles. The van der Waals surface area contributed by atoms with Gasteiger partial charge in [0.1, 0.15) is 5.75 Å². The Labute approximate surface area is 124 Å². The van der Waals surface area contributed by atoms with E-state index in [1.54, 1.807) is 6.07 Å². The van der Waals surface area contributed by atoms with Crippen LogP contribution in [0.1, 0.15) is 0 Å². The number of carbonyl (C=O) groups excluding carboxylic acids is 1. The molecule has 0 saturated heterocycles. The van der Waals surface area contributed by atoms with Crippen molar-refractivity contribution in [2.24, 2.45) is 0 Å². The molecular weight excluding hydrogens is 316 g/mol. The third-order valence-electron chi connectivity index (χ3n) is 3.11. The first-order valence-corrected chi connectivity index (χ1v) is 6.92. The molecule has 3 rings (SSSR count). The third-order valence-corrected chi connectivity index (χ3v) is 3.61. The molecule has 0 fully saturated rings. The number of benzene rings is 3. The van der Waals surface area contributed by atoms with Gasteiger partial charge in [-0.3, -0.25) is 0 Å². The maximum absolute atomic E-state index is 11.2. The maximum atomic E-state index is 11.2. The predicted molar refractivity (Wildman–Crippen MR) is 85.0 cm³/mol. The van der Waals surface area contributed by atoms with Crippen LogP contribution >= 0.6 is 15.9 Å². The van der Waals surface area contributed by atoms with E-state index in [4.69, 9.17) is 4.74 Å². The van der Waals surface area contributed by atoms with Crippen LogP contribution in [0, 0.1) is 0 Å². The first-order chi connectivity index (χ1) is 9.65. The molecule has 0 aliphatic rings. The third kappa shape index (κ3) is 2.45. The van der Waals surface area contributed by atoms with Gasteiger partial charge in [-0.15, -0.1) is 0 Å².